The molecule has 48 heavy (non-hydrogen) atoms. The molecule has 252 valence electrons. The zero-order valence-electron chi connectivity index (χ0n) is 25.2. The maximum atomic E-state index is 14.8. The number of nitrogens with one attached hydrogen (secondary N) is 1. The number of rotatable bonds is 8. The number of ether oxygens (including phenoxy) is 4. The lowest BCUT2D eigenvalue weighted by Gasteiger charge is -2.31. The summed E-state index contributed by atoms with van der Waals surface area (Å²) in [6.07, 6.45) is -5.84. The standard InChI is InChI=1S/C31H26F5N5O7/c1-28(27(37)43)13-46-25-18(28)10-22(39-24(25)14-3-6-19-20(8-14)48-31(35,36)47-19)29(44,30(32,33)34)12-38-26(42)15-7-16-11-41(17-4-5-17)40-23(16)21(9-15)45-2/h3,6-11,17,44H,4-5,12-13H2,1-2H3,(H2,37,43)(H,38,42)/t28-,29-/m0/s1. The summed E-state index contributed by atoms with van der Waals surface area (Å²) in [5, 5.41) is 18.5. The molecule has 3 aliphatic rings. The lowest BCUT2D eigenvalue weighted by atomic mass is 9.81. The number of benzene rings is 2. The van der Waals surface area contributed by atoms with Gasteiger partial charge in [-0.2, -0.15) is 18.3 Å². The predicted molar refractivity (Wildman–Crippen MR) is 155 cm³/mol. The number of aromatic nitrogens is 3. The number of halogens is 5. The molecule has 1 saturated carbocycles. The molecule has 1 fully saturated rings. The number of aliphatic hydroxyl groups is 1. The van der Waals surface area contributed by atoms with Crippen molar-refractivity contribution in [3.05, 3.63) is 59.4 Å². The molecular weight excluding hydrogens is 649 g/mol. The summed E-state index contributed by atoms with van der Waals surface area (Å²) in [7, 11) is 1.36. The maximum Gasteiger partial charge on any atom is 0.586 e. The molecule has 4 N–H and O–H groups in total. The van der Waals surface area contributed by atoms with Crippen molar-refractivity contribution in [3.63, 3.8) is 0 Å². The van der Waals surface area contributed by atoms with Gasteiger partial charge in [-0.15, -0.1) is 8.78 Å². The van der Waals surface area contributed by atoms with Crippen molar-refractivity contribution < 1.29 is 55.6 Å². The van der Waals surface area contributed by atoms with Crippen LogP contribution in [0.2, 0.25) is 0 Å². The third-order valence-electron chi connectivity index (χ3n) is 8.68. The van der Waals surface area contributed by atoms with Crippen molar-refractivity contribution in [2.75, 3.05) is 20.3 Å². The van der Waals surface area contributed by atoms with Crippen LogP contribution in [0.15, 0.2) is 42.6 Å². The van der Waals surface area contributed by atoms with E-state index >= 15 is 0 Å². The fourth-order valence-corrected chi connectivity index (χ4v) is 5.67. The Morgan fingerprint density at radius 3 is 2.54 bits per heavy atom. The Kier molecular flexibility index (Phi) is 6.81. The van der Waals surface area contributed by atoms with E-state index in [-0.39, 0.29) is 52.3 Å². The van der Waals surface area contributed by atoms with Crippen LogP contribution in [0.4, 0.5) is 22.0 Å². The second-order valence-corrected chi connectivity index (χ2v) is 12.0. The molecule has 0 bridgehead atoms. The molecular formula is C31H26F5N5O7. The number of amides is 2. The van der Waals surface area contributed by atoms with Gasteiger partial charge >= 0.3 is 12.5 Å². The highest BCUT2D eigenvalue weighted by Gasteiger charge is 2.58. The van der Waals surface area contributed by atoms with Crippen molar-refractivity contribution in [3.8, 4) is 34.3 Å². The molecule has 0 spiro atoms. The monoisotopic (exact) mass is 675 g/mol. The quantitative estimate of drug-likeness (QED) is 0.234. The summed E-state index contributed by atoms with van der Waals surface area (Å²) >= 11 is 0. The van der Waals surface area contributed by atoms with E-state index < -0.39 is 53.3 Å². The van der Waals surface area contributed by atoms with E-state index in [0.29, 0.717) is 10.9 Å². The average Bonchev–Trinajstić information content (AvgIpc) is 3.57. The third kappa shape index (κ3) is 4.99. The van der Waals surface area contributed by atoms with E-state index in [4.69, 9.17) is 15.2 Å². The molecule has 7 rings (SSSR count). The number of carbonyl (C=O) groups is 2. The van der Waals surface area contributed by atoms with E-state index in [1.165, 1.54) is 32.2 Å². The van der Waals surface area contributed by atoms with Crippen molar-refractivity contribution in [2.24, 2.45) is 5.73 Å². The third-order valence-corrected chi connectivity index (χ3v) is 8.68. The maximum absolute atomic E-state index is 14.8. The van der Waals surface area contributed by atoms with Crippen LogP contribution >= 0.6 is 0 Å². The molecule has 0 radical (unpaired) electrons. The fourth-order valence-electron chi connectivity index (χ4n) is 5.67. The van der Waals surface area contributed by atoms with Crippen LogP contribution in [0.1, 0.15) is 47.4 Å². The summed E-state index contributed by atoms with van der Waals surface area (Å²) in [5.41, 5.74) is -1.06. The first-order valence-electron chi connectivity index (χ1n) is 14.6. The van der Waals surface area contributed by atoms with Gasteiger partial charge in [-0.25, -0.2) is 4.98 Å². The summed E-state index contributed by atoms with van der Waals surface area (Å²) in [5.74, 6) is -2.65. The molecule has 4 aromatic rings. The average molecular weight is 676 g/mol. The molecule has 4 heterocycles. The number of fused-ring (bicyclic) bond motifs is 3. The minimum Gasteiger partial charge on any atom is -0.494 e. The first-order chi connectivity index (χ1) is 22.5. The molecule has 2 amide bonds. The number of hydrogen-bond acceptors (Lipinski definition) is 9. The largest absolute Gasteiger partial charge is 0.586 e. The summed E-state index contributed by atoms with van der Waals surface area (Å²) in [4.78, 5) is 29.9. The highest BCUT2D eigenvalue weighted by Crippen LogP contribution is 2.50. The van der Waals surface area contributed by atoms with E-state index in [1.807, 2.05) is 0 Å². The second-order valence-electron chi connectivity index (χ2n) is 12.0. The summed E-state index contributed by atoms with van der Waals surface area (Å²) in [6, 6.07) is 7.14. The number of primary amides is 1. The second kappa shape index (κ2) is 10.4. The molecule has 0 saturated heterocycles. The Morgan fingerprint density at radius 2 is 1.88 bits per heavy atom. The zero-order valence-corrected chi connectivity index (χ0v) is 25.2. The van der Waals surface area contributed by atoms with E-state index in [1.54, 1.807) is 10.9 Å². The lowest BCUT2D eigenvalue weighted by molar-refractivity contribution is -0.286. The molecule has 12 nitrogen and oxygen atoms in total. The summed E-state index contributed by atoms with van der Waals surface area (Å²) in [6.45, 7) is -0.469. The minimum absolute atomic E-state index is 0.0614. The number of alkyl halides is 5. The van der Waals surface area contributed by atoms with Gasteiger partial charge in [0.25, 0.3) is 5.91 Å². The van der Waals surface area contributed by atoms with Gasteiger partial charge in [0.05, 0.1) is 25.4 Å². The lowest BCUT2D eigenvalue weighted by Crippen LogP contribution is -2.51. The van der Waals surface area contributed by atoms with Crippen LogP contribution in [-0.2, 0) is 15.8 Å². The number of nitrogens with zero attached hydrogens (tertiary/aromatic N) is 3. The summed E-state index contributed by atoms with van der Waals surface area (Å²) < 4.78 is 93.6. The Morgan fingerprint density at radius 1 is 1.15 bits per heavy atom. The normalized spacial score (nSPS) is 20.6. The van der Waals surface area contributed by atoms with Gasteiger partial charge in [0.15, 0.2) is 11.5 Å². The minimum atomic E-state index is -5.44. The van der Waals surface area contributed by atoms with Crippen LogP contribution in [-0.4, -0.2) is 64.4 Å². The van der Waals surface area contributed by atoms with Gasteiger partial charge in [0.1, 0.15) is 34.7 Å². The van der Waals surface area contributed by atoms with Gasteiger partial charge in [-0.05, 0) is 56.2 Å². The first kappa shape index (κ1) is 31.4. The molecule has 2 aromatic heterocycles. The van der Waals surface area contributed by atoms with Gasteiger partial charge in [0.2, 0.25) is 11.5 Å². The van der Waals surface area contributed by atoms with Crippen LogP contribution in [0.5, 0.6) is 23.0 Å². The van der Waals surface area contributed by atoms with Crippen molar-refractivity contribution >= 4 is 22.7 Å². The molecule has 17 heteroatoms. The zero-order chi connectivity index (χ0) is 34.4. The van der Waals surface area contributed by atoms with Crippen LogP contribution in [0, 0.1) is 0 Å². The Bertz CT molecular complexity index is 2010. The van der Waals surface area contributed by atoms with Crippen LogP contribution in [0.25, 0.3) is 22.2 Å². The van der Waals surface area contributed by atoms with Gasteiger partial charge in [-0.1, -0.05) is 0 Å². The van der Waals surface area contributed by atoms with Gasteiger partial charge in [-0.3, -0.25) is 14.3 Å². The molecule has 0 unspecified atom stereocenters. The van der Waals surface area contributed by atoms with E-state index in [2.05, 4.69) is 24.9 Å². The van der Waals surface area contributed by atoms with Gasteiger partial charge in [0, 0.05) is 28.3 Å². The van der Waals surface area contributed by atoms with Gasteiger partial charge < -0.3 is 35.1 Å². The Labute approximate surface area is 267 Å². The highest BCUT2D eigenvalue weighted by molar-refractivity contribution is 6.00. The Balaban J connectivity index is 1.28. The van der Waals surface area contributed by atoms with E-state index in [9.17, 15) is 36.6 Å². The smallest absolute Gasteiger partial charge is 0.494 e. The molecule has 2 atom stereocenters. The topological polar surface area (TPSA) is 160 Å². The van der Waals surface area contributed by atoms with Crippen molar-refractivity contribution in [1.82, 2.24) is 20.1 Å². The van der Waals surface area contributed by atoms with Crippen molar-refractivity contribution in [1.29, 1.82) is 0 Å². The highest BCUT2D eigenvalue weighted by atomic mass is 19.4. The number of carbonyl (C=O) groups excluding carboxylic acids is 2. The van der Waals surface area contributed by atoms with Crippen molar-refractivity contribution in [2.45, 2.75) is 49.3 Å². The Hall–Kier alpha value is -5.19. The SMILES string of the molecule is COc1cc(C(=O)NC[C@](O)(c2cc3c(c(-c4ccc5c(c4)OC(F)(F)O5)n2)OC[C@]3(C)C(N)=O)C(F)(F)F)cc2cn(C3CC3)nc12. The van der Waals surface area contributed by atoms with Crippen LogP contribution in [0.3, 0.4) is 0 Å². The number of pyridine rings is 1. The molecule has 2 aromatic carbocycles. The number of hydrogen-bond donors (Lipinski definition) is 3. The molecule has 1 aliphatic carbocycles. The van der Waals surface area contributed by atoms with Crippen LogP contribution < -0.4 is 30.0 Å². The number of nitrogens with two attached hydrogens (primary N) is 1. The van der Waals surface area contributed by atoms with E-state index in [0.717, 1.165) is 31.0 Å². The number of methoxy groups -OCH3 is 1. The molecule has 2 aliphatic heterocycles. The predicted octanol–water partition coefficient (Wildman–Crippen LogP) is 4.08. The first-order valence-corrected chi connectivity index (χ1v) is 14.6. The fraction of sp³-hybridized carbons (Fsp3) is 0.355.